The van der Waals surface area contributed by atoms with Crippen LogP contribution in [0.1, 0.15) is 35.2 Å². The number of likely N-dealkylation sites (tertiary alicyclic amines) is 1. The van der Waals surface area contributed by atoms with E-state index in [-0.39, 0.29) is 5.91 Å². The summed E-state index contributed by atoms with van der Waals surface area (Å²) in [5.41, 5.74) is 1.97. The number of aryl methyl sites for hydroxylation is 1. The molecule has 0 radical (unpaired) electrons. The number of nitrogens with zero attached hydrogens (tertiary/aromatic N) is 2. The van der Waals surface area contributed by atoms with Gasteiger partial charge in [-0.1, -0.05) is 17.7 Å². The number of hydrogen-bond acceptors (Lipinski definition) is 3. The van der Waals surface area contributed by atoms with Crippen LogP contribution in [-0.4, -0.2) is 35.5 Å². The summed E-state index contributed by atoms with van der Waals surface area (Å²) in [6, 6.07) is 11.6. The van der Waals surface area contributed by atoms with Crippen LogP contribution in [0.4, 0.5) is 0 Å². The zero-order valence-corrected chi connectivity index (χ0v) is 14.1. The van der Waals surface area contributed by atoms with E-state index in [9.17, 15) is 4.79 Å². The van der Waals surface area contributed by atoms with Crippen LogP contribution < -0.4 is 4.74 Å². The summed E-state index contributed by atoms with van der Waals surface area (Å²) >= 11 is 0. The highest BCUT2D eigenvalue weighted by molar-refractivity contribution is 5.94. The number of pyridine rings is 1. The average molecular weight is 324 g/mol. The fourth-order valence-electron chi connectivity index (χ4n) is 3.08. The molecule has 2 aromatic rings. The van der Waals surface area contributed by atoms with Crippen molar-refractivity contribution in [1.82, 2.24) is 9.88 Å². The third-order valence-corrected chi connectivity index (χ3v) is 4.64. The highest BCUT2D eigenvalue weighted by Gasteiger charge is 2.23. The highest BCUT2D eigenvalue weighted by atomic mass is 16.5. The molecule has 0 bridgehead atoms. The minimum Gasteiger partial charge on any atom is -0.493 e. The minimum absolute atomic E-state index is 0.154. The fraction of sp³-hybridized carbons (Fsp3) is 0.400. The molecule has 0 atom stereocenters. The van der Waals surface area contributed by atoms with Gasteiger partial charge in [-0.25, -0.2) is 0 Å². The number of hydrogen-bond donors (Lipinski definition) is 0. The van der Waals surface area contributed by atoms with Crippen LogP contribution in [0.25, 0.3) is 0 Å². The Balaban J connectivity index is 1.42. The molecule has 4 heteroatoms. The average Bonchev–Trinajstić information content (AvgIpc) is 2.63. The van der Waals surface area contributed by atoms with Crippen LogP contribution in [-0.2, 0) is 0 Å². The van der Waals surface area contributed by atoms with Gasteiger partial charge >= 0.3 is 0 Å². The van der Waals surface area contributed by atoms with Crippen LogP contribution in [0.5, 0.6) is 5.75 Å². The predicted octanol–water partition coefficient (Wildman–Crippen LogP) is 3.71. The van der Waals surface area contributed by atoms with E-state index in [0.29, 0.717) is 5.92 Å². The van der Waals surface area contributed by atoms with Crippen LogP contribution in [0.3, 0.4) is 0 Å². The summed E-state index contributed by atoms with van der Waals surface area (Å²) in [5, 5.41) is 0. The van der Waals surface area contributed by atoms with E-state index in [4.69, 9.17) is 4.74 Å². The number of ether oxygens (including phenoxy) is 1. The van der Waals surface area contributed by atoms with Gasteiger partial charge in [-0.3, -0.25) is 9.78 Å². The standard InChI is InChI=1S/C20H24N2O2/c1-16-2-4-18(5-3-16)20(23)22-13-8-17(9-14-22)10-15-24-19-6-11-21-12-7-19/h2-7,11-12,17H,8-10,13-15H2,1H3. The van der Waals surface area contributed by atoms with Crippen molar-refractivity contribution in [2.75, 3.05) is 19.7 Å². The molecule has 0 aliphatic carbocycles. The van der Waals surface area contributed by atoms with Gasteiger partial charge < -0.3 is 9.64 Å². The Morgan fingerprint density at radius 3 is 2.46 bits per heavy atom. The molecule has 24 heavy (non-hydrogen) atoms. The second kappa shape index (κ2) is 7.95. The molecule has 126 valence electrons. The maximum atomic E-state index is 12.5. The van der Waals surface area contributed by atoms with Crippen molar-refractivity contribution in [2.24, 2.45) is 5.92 Å². The van der Waals surface area contributed by atoms with Crippen molar-refractivity contribution in [3.8, 4) is 5.75 Å². The molecular weight excluding hydrogens is 300 g/mol. The Hall–Kier alpha value is -2.36. The number of rotatable bonds is 5. The molecule has 1 saturated heterocycles. The normalized spacial score (nSPS) is 15.3. The Morgan fingerprint density at radius 1 is 1.12 bits per heavy atom. The van der Waals surface area contributed by atoms with Gasteiger partial charge in [-0.05, 0) is 56.4 Å². The van der Waals surface area contributed by atoms with Gasteiger partial charge in [-0.2, -0.15) is 0 Å². The second-order valence-corrected chi connectivity index (χ2v) is 6.42. The molecule has 0 saturated carbocycles. The van der Waals surface area contributed by atoms with E-state index < -0.39 is 0 Å². The van der Waals surface area contributed by atoms with Gasteiger partial charge in [0, 0.05) is 31.0 Å². The lowest BCUT2D eigenvalue weighted by molar-refractivity contribution is 0.0680. The first-order valence-corrected chi connectivity index (χ1v) is 8.61. The molecule has 1 aromatic heterocycles. The molecule has 0 spiro atoms. The SMILES string of the molecule is Cc1ccc(C(=O)N2CCC(CCOc3ccncc3)CC2)cc1. The molecule has 1 aliphatic heterocycles. The van der Waals surface area contributed by atoms with Crippen LogP contribution in [0, 0.1) is 12.8 Å². The lowest BCUT2D eigenvalue weighted by Crippen LogP contribution is -2.38. The van der Waals surface area contributed by atoms with Crippen LogP contribution in [0.2, 0.25) is 0 Å². The second-order valence-electron chi connectivity index (χ2n) is 6.42. The summed E-state index contributed by atoms with van der Waals surface area (Å²) in [6.45, 7) is 4.44. The third-order valence-electron chi connectivity index (χ3n) is 4.64. The monoisotopic (exact) mass is 324 g/mol. The van der Waals surface area contributed by atoms with Gasteiger partial charge in [0.25, 0.3) is 5.91 Å². The summed E-state index contributed by atoms with van der Waals surface area (Å²) in [6.07, 6.45) is 6.62. The zero-order chi connectivity index (χ0) is 16.8. The summed E-state index contributed by atoms with van der Waals surface area (Å²) in [4.78, 5) is 18.5. The molecule has 3 rings (SSSR count). The lowest BCUT2D eigenvalue weighted by atomic mass is 9.93. The molecule has 2 heterocycles. The Bertz CT molecular complexity index is 647. The van der Waals surface area contributed by atoms with Crippen molar-refractivity contribution in [1.29, 1.82) is 0 Å². The highest BCUT2D eigenvalue weighted by Crippen LogP contribution is 2.22. The zero-order valence-electron chi connectivity index (χ0n) is 14.1. The molecule has 4 nitrogen and oxygen atoms in total. The van der Waals surface area contributed by atoms with E-state index >= 15 is 0 Å². The number of benzene rings is 1. The number of amides is 1. The topological polar surface area (TPSA) is 42.4 Å². The smallest absolute Gasteiger partial charge is 0.253 e. The number of aromatic nitrogens is 1. The molecular formula is C20H24N2O2. The number of carbonyl (C=O) groups excluding carboxylic acids is 1. The summed E-state index contributed by atoms with van der Waals surface area (Å²) < 4.78 is 5.74. The van der Waals surface area contributed by atoms with Gasteiger partial charge in [0.1, 0.15) is 5.75 Å². The van der Waals surface area contributed by atoms with E-state index in [0.717, 1.165) is 50.3 Å². The van der Waals surface area contributed by atoms with Crippen molar-refractivity contribution in [3.05, 3.63) is 59.9 Å². The van der Waals surface area contributed by atoms with Crippen molar-refractivity contribution < 1.29 is 9.53 Å². The van der Waals surface area contributed by atoms with Gasteiger partial charge in [-0.15, -0.1) is 0 Å². The fourth-order valence-corrected chi connectivity index (χ4v) is 3.08. The molecule has 1 amide bonds. The van der Waals surface area contributed by atoms with Gasteiger partial charge in [0.05, 0.1) is 6.61 Å². The molecule has 0 unspecified atom stereocenters. The lowest BCUT2D eigenvalue weighted by Gasteiger charge is -2.32. The van der Waals surface area contributed by atoms with E-state index in [1.807, 2.05) is 48.2 Å². The first-order valence-electron chi connectivity index (χ1n) is 8.61. The van der Waals surface area contributed by atoms with Crippen LogP contribution >= 0.6 is 0 Å². The van der Waals surface area contributed by atoms with Gasteiger partial charge in [0.15, 0.2) is 0 Å². The molecule has 1 aromatic carbocycles. The van der Waals surface area contributed by atoms with Gasteiger partial charge in [0.2, 0.25) is 0 Å². The Morgan fingerprint density at radius 2 is 1.79 bits per heavy atom. The van der Waals surface area contributed by atoms with Crippen molar-refractivity contribution in [2.45, 2.75) is 26.2 Å². The maximum absolute atomic E-state index is 12.5. The van der Waals surface area contributed by atoms with E-state index in [1.54, 1.807) is 12.4 Å². The molecule has 1 aliphatic rings. The Labute approximate surface area is 143 Å². The molecule has 0 N–H and O–H groups in total. The van der Waals surface area contributed by atoms with Crippen molar-refractivity contribution >= 4 is 5.91 Å². The first-order chi connectivity index (χ1) is 11.7. The summed E-state index contributed by atoms with van der Waals surface area (Å²) in [5.74, 6) is 1.66. The van der Waals surface area contributed by atoms with Crippen LogP contribution in [0.15, 0.2) is 48.8 Å². The minimum atomic E-state index is 0.154. The Kier molecular flexibility index (Phi) is 5.47. The summed E-state index contributed by atoms with van der Waals surface area (Å²) in [7, 11) is 0. The third kappa shape index (κ3) is 4.34. The first kappa shape index (κ1) is 16.5. The van der Waals surface area contributed by atoms with E-state index in [2.05, 4.69) is 4.98 Å². The predicted molar refractivity (Wildman–Crippen MR) is 94.2 cm³/mol. The number of piperidine rings is 1. The van der Waals surface area contributed by atoms with E-state index in [1.165, 1.54) is 5.56 Å². The number of carbonyl (C=O) groups is 1. The maximum Gasteiger partial charge on any atom is 0.253 e. The van der Waals surface area contributed by atoms with Crippen molar-refractivity contribution in [3.63, 3.8) is 0 Å². The largest absolute Gasteiger partial charge is 0.493 e. The molecule has 1 fully saturated rings. The quantitative estimate of drug-likeness (QED) is 0.842.